The van der Waals surface area contributed by atoms with Gasteiger partial charge in [0.2, 0.25) is 5.91 Å². The van der Waals surface area contributed by atoms with E-state index in [4.69, 9.17) is 9.47 Å². The van der Waals surface area contributed by atoms with Crippen LogP contribution in [0.2, 0.25) is 0 Å². The highest BCUT2D eigenvalue weighted by Gasteiger charge is 2.20. The number of hydrogen-bond acceptors (Lipinski definition) is 4. The Morgan fingerprint density at radius 1 is 1.41 bits per heavy atom. The number of hydrogen-bond donors (Lipinski definition) is 2. The van der Waals surface area contributed by atoms with Crippen LogP contribution in [0.1, 0.15) is 25.7 Å². The fourth-order valence-corrected chi connectivity index (χ4v) is 2.31. The van der Waals surface area contributed by atoms with Crippen LogP contribution >= 0.6 is 0 Å². The summed E-state index contributed by atoms with van der Waals surface area (Å²) in [6.07, 6.45) is 5.32. The van der Waals surface area contributed by atoms with Crippen molar-refractivity contribution in [3.05, 3.63) is 0 Å². The molecule has 0 spiro atoms. The maximum atomic E-state index is 11.7. The van der Waals surface area contributed by atoms with Gasteiger partial charge >= 0.3 is 0 Å². The number of carbonyl (C=O) groups is 1. The minimum Gasteiger partial charge on any atom is -0.378 e. The maximum Gasteiger partial charge on any atom is 0.239 e. The van der Waals surface area contributed by atoms with Gasteiger partial charge in [0.05, 0.1) is 25.9 Å². The van der Waals surface area contributed by atoms with Crippen LogP contribution < -0.4 is 10.6 Å². The highest BCUT2D eigenvalue weighted by Crippen LogP contribution is 2.20. The van der Waals surface area contributed by atoms with Crippen LogP contribution in [-0.4, -0.2) is 51.0 Å². The molecule has 5 nitrogen and oxygen atoms in total. The largest absolute Gasteiger partial charge is 0.378 e. The third-order valence-electron chi connectivity index (χ3n) is 3.30. The summed E-state index contributed by atoms with van der Waals surface area (Å²) in [4.78, 5) is 11.7. The Kier molecular flexibility index (Phi) is 5.22. The van der Waals surface area contributed by atoms with Gasteiger partial charge in [0, 0.05) is 13.1 Å². The second-order valence-corrected chi connectivity index (χ2v) is 4.65. The molecule has 2 rings (SSSR count). The summed E-state index contributed by atoms with van der Waals surface area (Å²) in [5, 5.41) is 5.99. The van der Waals surface area contributed by atoms with Gasteiger partial charge in [-0.15, -0.1) is 0 Å². The summed E-state index contributed by atoms with van der Waals surface area (Å²) in [7, 11) is 0. The molecular weight excluding hydrogens is 220 g/mol. The quantitative estimate of drug-likeness (QED) is 0.669. The molecule has 1 aliphatic heterocycles. The molecule has 1 unspecified atom stereocenters. The van der Waals surface area contributed by atoms with Gasteiger partial charge in [-0.05, 0) is 12.8 Å². The van der Waals surface area contributed by atoms with Crippen molar-refractivity contribution in [1.82, 2.24) is 10.6 Å². The van der Waals surface area contributed by atoms with Crippen molar-refractivity contribution in [3.63, 3.8) is 0 Å². The lowest BCUT2D eigenvalue weighted by Gasteiger charge is -2.23. The molecule has 1 amide bonds. The van der Waals surface area contributed by atoms with Gasteiger partial charge in [-0.25, -0.2) is 0 Å². The molecule has 0 aromatic carbocycles. The number of morpholine rings is 1. The van der Waals surface area contributed by atoms with Crippen molar-refractivity contribution >= 4 is 5.91 Å². The van der Waals surface area contributed by atoms with Gasteiger partial charge in [-0.1, -0.05) is 12.8 Å². The van der Waals surface area contributed by atoms with Crippen LogP contribution in [0.5, 0.6) is 0 Å². The zero-order valence-electron chi connectivity index (χ0n) is 10.2. The van der Waals surface area contributed by atoms with Crippen molar-refractivity contribution in [2.24, 2.45) is 0 Å². The molecule has 0 radical (unpaired) electrons. The van der Waals surface area contributed by atoms with Crippen LogP contribution in [0, 0.1) is 0 Å². The Bertz CT molecular complexity index is 236. The van der Waals surface area contributed by atoms with Gasteiger partial charge in [-0.2, -0.15) is 0 Å². The van der Waals surface area contributed by atoms with Crippen molar-refractivity contribution in [2.75, 3.05) is 32.9 Å². The molecule has 0 aromatic heterocycles. The first kappa shape index (κ1) is 12.8. The van der Waals surface area contributed by atoms with E-state index in [0.717, 1.165) is 6.54 Å². The standard InChI is InChI=1S/C12H22N2O3/c15-12(11-9-16-7-5-13-11)14-6-8-17-10-3-1-2-4-10/h10-11,13H,1-9H2,(H,14,15). The molecule has 2 N–H and O–H groups in total. The minimum absolute atomic E-state index is 0.0136. The van der Waals surface area contributed by atoms with E-state index >= 15 is 0 Å². The summed E-state index contributed by atoms with van der Waals surface area (Å²) < 4.78 is 10.9. The van der Waals surface area contributed by atoms with E-state index in [1.54, 1.807) is 0 Å². The molecule has 98 valence electrons. The van der Waals surface area contributed by atoms with Crippen molar-refractivity contribution in [3.8, 4) is 0 Å². The molecule has 1 atom stereocenters. The average Bonchev–Trinajstić information content (AvgIpc) is 2.88. The highest BCUT2D eigenvalue weighted by molar-refractivity contribution is 5.81. The lowest BCUT2D eigenvalue weighted by atomic mass is 10.2. The van der Waals surface area contributed by atoms with Crippen LogP contribution in [0.25, 0.3) is 0 Å². The molecule has 0 aromatic rings. The van der Waals surface area contributed by atoms with Crippen molar-refractivity contribution in [2.45, 2.75) is 37.8 Å². The SMILES string of the molecule is O=C(NCCOC1CCCC1)C1COCCN1. The molecule has 1 heterocycles. The van der Waals surface area contributed by atoms with Gasteiger partial charge in [-0.3, -0.25) is 4.79 Å². The zero-order chi connectivity index (χ0) is 11.9. The summed E-state index contributed by atoms with van der Waals surface area (Å²) in [5.41, 5.74) is 0. The van der Waals surface area contributed by atoms with Crippen molar-refractivity contribution in [1.29, 1.82) is 0 Å². The fraction of sp³-hybridized carbons (Fsp3) is 0.917. The predicted molar refractivity (Wildman–Crippen MR) is 63.8 cm³/mol. The fourth-order valence-electron chi connectivity index (χ4n) is 2.31. The second-order valence-electron chi connectivity index (χ2n) is 4.65. The maximum absolute atomic E-state index is 11.7. The van der Waals surface area contributed by atoms with E-state index in [1.807, 2.05) is 0 Å². The first-order valence-electron chi connectivity index (χ1n) is 6.57. The van der Waals surface area contributed by atoms with Crippen LogP contribution in [0.3, 0.4) is 0 Å². The molecular formula is C12H22N2O3. The van der Waals surface area contributed by atoms with Gasteiger partial charge in [0.25, 0.3) is 0 Å². The Hall–Kier alpha value is -0.650. The van der Waals surface area contributed by atoms with Crippen molar-refractivity contribution < 1.29 is 14.3 Å². The third-order valence-corrected chi connectivity index (χ3v) is 3.30. The zero-order valence-corrected chi connectivity index (χ0v) is 10.2. The summed E-state index contributed by atoms with van der Waals surface area (Å²) >= 11 is 0. The molecule has 2 fully saturated rings. The topological polar surface area (TPSA) is 59.6 Å². The third kappa shape index (κ3) is 4.26. The Balaban J connectivity index is 1.53. The predicted octanol–water partition coefficient (Wildman–Crippen LogP) is 0.0502. The number of amides is 1. The highest BCUT2D eigenvalue weighted by atomic mass is 16.5. The summed E-state index contributed by atoms with van der Waals surface area (Å²) in [6.45, 7) is 3.11. The summed E-state index contributed by atoms with van der Waals surface area (Å²) in [6, 6.07) is -0.199. The number of rotatable bonds is 5. The molecule has 1 saturated heterocycles. The van der Waals surface area contributed by atoms with E-state index in [-0.39, 0.29) is 11.9 Å². The van der Waals surface area contributed by atoms with E-state index in [0.29, 0.717) is 32.5 Å². The van der Waals surface area contributed by atoms with E-state index < -0.39 is 0 Å². The van der Waals surface area contributed by atoms with Gasteiger partial charge in [0.15, 0.2) is 0 Å². The minimum atomic E-state index is -0.199. The van der Waals surface area contributed by atoms with Gasteiger partial charge in [0.1, 0.15) is 6.04 Å². The number of nitrogens with one attached hydrogen (secondary N) is 2. The van der Waals surface area contributed by atoms with E-state index in [9.17, 15) is 4.79 Å². The Labute approximate surface area is 102 Å². The van der Waals surface area contributed by atoms with Gasteiger partial charge < -0.3 is 20.1 Å². The first-order valence-corrected chi connectivity index (χ1v) is 6.57. The van der Waals surface area contributed by atoms with Crippen LogP contribution in [0.4, 0.5) is 0 Å². The lowest BCUT2D eigenvalue weighted by Crippen LogP contribution is -2.51. The second kappa shape index (κ2) is 6.93. The van der Waals surface area contributed by atoms with E-state index in [2.05, 4.69) is 10.6 Å². The number of ether oxygens (including phenoxy) is 2. The molecule has 5 heteroatoms. The van der Waals surface area contributed by atoms with Crippen LogP contribution in [0.15, 0.2) is 0 Å². The first-order chi connectivity index (χ1) is 8.36. The molecule has 1 aliphatic carbocycles. The average molecular weight is 242 g/mol. The number of carbonyl (C=O) groups excluding carboxylic acids is 1. The molecule has 2 aliphatic rings. The Morgan fingerprint density at radius 3 is 2.94 bits per heavy atom. The van der Waals surface area contributed by atoms with Crippen LogP contribution in [-0.2, 0) is 14.3 Å². The summed E-state index contributed by atoms with van der Waals surface area (Å²) in [5.74, 6) is 0.0136. The Morgan fingerprint density at radius 2 is 2.24 bits per heavy atom. The van der Waals surface area contributed by atoms with E-state index in [1.165, 1.54) is 25.7 Å². The molecule has 1 saturated carbocycles. The lowest BCUT2D eigenvalue weighted by molar-refractivity contribution is -0.126. The molecule has 0 bridgehead atoms. The molecule has 17 heavy (non-hydrogen) atoms. The normalized spacial score (nSPS) is 26.0. The smallest absolute Gasteiger partial charge is 0.239 e. The monoisotopic (exact) mass is 242 g/mol.